The number of amides is 1. The minimum Gasteiger partial charge on any atom is -0.427 e. The minimum atomic E-state index is -0.377. The molecule has 0 atom stereocenters. The molecule has 22 heavy (non-hydrogen) atoms. The van der Waals surface area contributed by atoms with Gasteiger partial charge in [-0.15, -0.1) is 0 Å². The second kappa shape index (κ2) is 7.41. The van der Waals surface area contributed by atoms with Gasteiger partial charge in [0.2, 0.25) is 0 Å². The number of benzene rings is 2. The minimum absolute atomic E-state index is 0.0410. The van der Waals surface area contributed by atoms with E-state index < -0.39 is 0 Å². The van der Waals surface area contributed by atoms with Crippen LogP contribution in [0.1, 0.15) is 29.8 Å². The van der Waals surface area contributed by atoms with E-state index in [1.165, 1.54) is 6.92 Å². The lowest BCUT2D eigenvalue weighted by Gasteiger charge is -2.21. The number of hydrogen-bond acceptors (Lipinski definition) is 3. The van der Waals surface area contributed by atoms with Gasteiger partial charge in [-0.1, -0.05) is 30.3 Å². The van der Waals surface area contributed by atoms with Gasteiger partial charge < -0.3 is 9.64 Å². The number of nitrogens with zero attached hydrogens (tertiary/aromatic N) is 1. The molecule has 114 valence electrons. The largest absolute Gasteiger partial charge is 0.427 e. The topological polar surface area (TPSA) is 46.6 Å². The summed E-state index contributed by atoms with van der Waals surface area (Å²) in [6, 6.07) is 16.5. The van der Waals surface area contributed by atoms with Crippen molar-refractivity contribution in [1.29, 1.82) is 0 Å². The van der Waals surface area contributed by atoms with Crippen LogP contribution in [0.3, 0.4) is 0 Å². The molecule has 1 amide bonds. The summed E-state index contributed by atoms with van der Waals surface area (Å²) in [6.45, 7) is 4.49. The van der Waals surface area contributed by atoms with E-state index in [4.69, 9.17) is 4.74 Å². The third-order valence-corrected chi connectivity index (χ3v) is 3.25. The molecule has 0 unspecified atom stereocenters. The molecule has 0 saturated heterocycles. The maximum absolute atomic E-state index is 12.5. The van der Waals surface area contributed by atoms with Crippen LogP contribution in [0.4, 0.5) is 0 Å². The molecule has 0 bridgehead atoms. The standard InChI is InChI=1S/C18H19NO3/c1-3-19(13-15-7-5-4-6-8-15)18(21)16-9-11-17(12-10-16)22-14(2)20/h4-12H,3,13H2,1-2H3. The normalized spacial score (nSPS) is 10.1. The number of rotatable bonds is 5. The van der Waals surface area contributed by atoms with Crippen LogP contribution in [-0.4, -0.2) is 23.3 Å². The Kier molecular flexibility index (Phi) is 5.31. The third kappa shape index (κ3) is 4.19. The van der Waals surface area contributed by atoms with Gasteiger partial charge in [0.1, 0.15) is 5.75 Å². The van der Waals surface area contributed by atoms with E-state index in [2.05, 4.69) is 0 Å². The monoisotopic (exact) mass is 297 g/mol. The summed E-state index contributed by atoms with van der Waals surface area (Å²) < 4.78 is 4.97. The average molecular weight is 297 g/mol. The summed E-state index contributed by atoms with van der Waals surface area (Å²) in [5.41, 5.74) is 1.67. The van der Waals surface area contributed by atoms with Gasteiger partial charge in [0, 0.05) is 25.6 Å². The fourth-order valence-electron chi connectivity index (χ4n) is 2.15. The van der Waals surface area contributed by atoms with Crippen LogP contribution in [-0.2, 0) is 11.3 Å². The zero-order valence-electron chi connectivity index (χ0n) is 12.8. The van der Waals surface area contributed by atoms with Crippen molar-refractivity contribution >= 4 is 11.9 Å². The van der Waals surface area contributed by atoms with Crippen LogP contribution >= 0.6 is 0 Å². The van der Waals surface area contributed by atoms with Crippen molar-refractivity contribution in [3.63, 3.8) is 0 Å². The summed E-state index contributed by atoms with van der Waals surface area (Å²) >= 11 is 0. The van der Waals surface area contributed by atoms with Gasteiger partial charge in [-0.2, -0.15) is 0 Å². The molecule has 0 aromatic heterocycles. The summed E-state index contributed by atoms with van der Waals surface area (Å²) in [6.07, 6.45) is 0. The van der Waals surface area contributed by atoms with Crippen molar-refractivity contribution in [3.8, 4) is 5.75 Å². The summed E-state index contributed by atoms with van der Waals surface area (Å²) in [4.78, 5) is 25.2. The van der Waals surface area contributed by atoms with Gasteiger partial charge in [0.25, 0.3) is 5.91 Å². The molecule has 0 aliphatic heterocycles. The molecule has 2 aromatic carbocycles. The zero-order valence-corrected chi connectivity index (χ0v) is 12.8. The Bertz CT molecular complexity index is 635. The van der Waals surface area contributed by atoms with Crippen LogP contribution in [0.25, 0.3) is 0 Å². The van der Waals surface area contributed by atoms with Crippen LogP contribution in [0.2, 0.25) is 0 Å². The lowest BCUT2D eigenvalue weighted by molar-refractivity contribution is -0.131. The highest BCUT2D eigenvalue weighted by atomic mass is 16.5. The molecule has 0 aliphatic rings. The van der Waals surface area contributed by atoms with Crippen LogP contribution in [0, 0.1) is 0 Å². The van der Waals surface area contributed by atoms with Gasteiger partial charge in [-0.25, -0.2) is 0 Å². The van der Waals surface area contributed by atoms with Crippen molar-refractivity contribution in [3.05, 3.63) is 65.7 Å². The van der Waals surface area contributed by atoms with E-state index >= 15 is 0 Å². The van der Waals surface area contributed by atoms with E-state index in [1.807, 2.05) is 37.3 Å². The maximum atomic E-state index is 12.5. The first kappa shape index (κ1) is 15.8. The van der Waals surface area contributed by atoms with E-state index in [1.54, 1.807) is 29.2 Å². The van der Waals surface area contributed by atoms with E-state index in [0.717, 1.165) is 5.56 Å². The summed E-state index contributed by atoms with van der Waals surface area (Å²) in [7, 11) is 0. The van der Waals surface area contributed by atoms with Crippen LogP contribution < -0.4 is 4.74 Å². The quantitative estimate of drug-likeness (QED) is 0.628. The molecular formula is C18H19NO3. The maximum Gasteiger partial charge on any atom is 0.308 e. The highest BCUT2D eigenvalue weighted by Gasteiger charge is 2.14. The first-order chi connectivity index (χ1) is 10.6. The predicted molar refractivity (Wildman–Crippen MR) is 84.6 cm³/mol. The Morgan fingerprint density at radius 3 is 2.18 bits per heavy atom. The molecule has 0 saturated carbocycles. The molecule has 0 fully saturated rings. The van der Waals surface area contributed by atoms with Crippen molar-refractivity contribution in [2.24, 2.45) is 0 Å². The fraction of sp³-hybridized carbons (Fsp3) is 0.222. The Morgan fingerprint density at radius 1 is 1.00 bits per heavy atom. The summed E-state index contributed by atoms with van der Waals surface area (Å²) in [5, 5.41) is 0. The van der Waals surface area contributed by atoms with E-state index in [9.17, 15) is 9.59 Å². The highest BCUT2D eigenvalue weighted by molar-refractivity contribution is 5.94. The first-order valence-electron chi connectivity index (χ1n) is 7.22. The van der Waals surface area contributed by atoms with Gasteiger partial charge >= 0.3 is 5.97 Å². The van der Waals surface area contributed by atoms with Crippen molar-refractivity contribution < 1.29 is 14.3 Å². The smallest absolute Gasteiger partial charge is 0.308 e. The van der Waals surface area contributed by atoms with E-state index in [-0.39, 0.29) is 11.9 Å². The number of carbonyl (C=O) groups excluding carboxylic acids is 2. The predicted octanol–water partition coefficient (Wildman–Crippen LogP) is 3.27. The lowest BCUT2D eigenvalue weighted by atomic mass is 10.1. The zero-order chi connectivity index (χ0) is 15.9. The first-order valence-corrected chi connectivity index (χ1v) is 7.22. The van der Waals surface area contributed by atoms with Gasteiger partial charge in [0.05, 0.1) is 0 Å². The van der Waals surface area contributed by atoms with Crippen molar-refractivity contribution in [1.82, 2.24) is 4.90 Å². The summed E-state index contributed by atoms with van der Waals surface area (Å²) in [5.74, 6) is 0.0224. The molecular weight excluding hydrogens is 278 g/mol. The Morgan fingerprint density at radius 2 is 1.64 bits per heavy atom. The van der Waals surface area contributed by atoms with Crippen LogP contribution in [0.5, 0.6) is 5.75 Å². The second-order valence-electron chi connectivity index (χ2n) is 4.92. The molecule has 0 N–H and O–H groups in total. The molecule has 2 aromatic rings. The number of carbonyl (C=O) groups is 2. The molecule has 0 spiro atoms. The SMILES string of the molecule is CCN(Cc1ccccc1)C(=O)c1ccc(OC(C)=O)cc1. The van der Waals surface area contributed by atoms with Crippen LogP contribution in [0.15, 0.2) is 54.6 Å². The number of esters is 1. The number of hydrogen-bond donors (Lipinski definition) is 0. The Balaban J connectivity index is 2.09. The van der Waals surface area contributed by atoms with Crippen molar-refractivity contribution in [2.45, 2.75) is 20.4 Å². The fourth-order valence-corrected chi connectivity index (χ4v) is 2.15. The molecule has 2 rings (SSSR count). The number of ether oxygens (including phenoxy) is 1. The van der Waals surface area contributed by atoms with Gasteiger partial charge in [-0.3, -0.25) is 9.59 Å². The van der Waals surface area contributed by atoms with Crippen molar-refractivity contribution in [2.75, 3.05) is 6.54 Å². The second-order valence-corrected chi connectivity index (χ2v) is 4.92. The molecule has 0 heterocycles. The van der Waals surface area contributed by atoms with Gasteiger partial charge in [0.15, 0.2) is 0 Å². The third-order valence-electron chi connectivity index (χ3n) is 3.25. The van der Waals surface area contributed by atoms with E-state index in [0.29, 0.717) is 24.4 Å². The molecule has 0 radical (unpaired) electrons. The molecule has 0 aliphatic carbocycles. The lowest BCUT2D eigenvalue weighted by Crippen LogP contribution is -2.30. The average Bonchev–Trinajstić information content (AvgIpc) is 2.53. The van der Waals surface area contributed by atoms with Gasteiger partial charge in [-0.05, 0) is 36.8 Å². The molecule has 4 heteroatoms. The Hall–Kier alpha value is -2.62. The highest BCUT2D eigenvalue weighted by Crippen LogP contribution is 2.15. The Labute approximate surface area is 130 Å². The molecule has 4 nitrogen and oxygen atoms in total.